The molecule has 0 heterocycles. The first-order valence-corrected chi connectivity index (χ1v) is 11.3. The quantitative estimate of drug-likeness (QED) is 0.699. The maximum absolute atomic E-state index is 12.9. The second-order valence-corrected chi connectivity index (χ2v) is 10.4. The summed E-state index contributed by atoms with van der Waals surface area (Å²) in [5.74, 6) is 2.20. The topological polar surface area (TPSA) is 46.5 Å². The van der Waals surface area contributed by atoms with E-state index >= 15 is 0 Å². The van der Waals surface area contributed by atoms with Gasteiger partial charge in [0.15, 0.2) is 5.78 Å². The van der Waals surface area contributed by atoms with Crippen molar-refractivity contribution in [2.45, 2.75) is 97.2 Å². The number of aliphatic hydroxyl groups is 1. The van der Waals surface area contributed by atoms with Crippen molar-refractivity contribution in [1.29, 1.82) is 0 Å². The number of ether oxygens (including phenoxy) is 1. The average Bonchev–Trinajstić information content (AvgIpc) is 2.94. The largest absolute Gasteiger partial charge is 0.393 e. The molecule has 3 saturated carbocycles. The van der Waals surface area contributed by atoms with E-state index in [9.17, 15) is 9.90 Å². The molecule has 4 aliphatic rings. The number of carbonyl (C=O) groups is 1. The van der Waals surface area contributed by atoms with Gasteiger partial charge in [-0.1, -0.05) is 32.4 Å². The number of aliphatic hydroxyl groups excluding tert-OH is 1. The number of carbonyl (C=O) groups excluding carboxylic acids is 1. The lowest BCUT2D eigenvalue weighted by Crippen LogP contribution is -2.58. The van der Waals surface area contributed by atoms with Crippen molar-refractivity contribution in [3.8, 4) is 0 Å². The lowest BCUT2D eigenvalue weighted by Gasteiger charge is -2.59. The molecule has 0 radical (unpaired) electrons. The van der Waals surface area contributed by atoms with E-state index in [1.54, 1.807) is 6.92 Å². The van der Waals surface area contributed by atoms with E-state index in [1.165, 1.54) is 12.0 Å². The van der Waals surface area contributed by atoms with Crippen molar-refractivity contribution in [3.63, 3.8) is 0 Å². The van der Waals surface area contributed by atoms with Crippen LogP contribution >= 0.6 is 0 Å². The van der Waals surface area contributed by atoms with Crippen LogP contribution in [0.1, 0.15) is 85.5 Å². The van der Waals surface area contributed by atoms with Crippen LogP contribution in [-0.4, -0.2) is 29.2 Å². The number of hydrogen-bond donors (Lipinski definition) is 1. The predicted molar refractivity (Wildman–Crippen MR) is 107 cm³/mol. The van der Waals surface area contributed by atoms with E-state index in [-0.39, 0.29) is 22.7 Å². The van der Waals surface area contributed by atoms with Crippen LogP contribution in [0.4, 0.5) is 0 Å². The molecule has 152 valence electrons. The summed E-state index contributed by atoms with van der Waals surface area (Å²) < 4.78 is 6.40. The molecule has 3 fully saturated rings. The average molecular weight is 375 g/mol. The van der Waals surface area contributed by atoms with E-state index in [4.69, 9.17) is 4.74 Å². The minimum Gasteiger partial charge on any atom is -0.393 e. The van der Waals surface area contributed by atoms with Crippen LogP contribution in [0.15, 0.2) is 11.6 Å². The summed E-state index contributed by atoms with van der Waals surface area (Å²) in [4.78, 5) is 12.9. The van der Waals surface area contributed by atoms with E-state index < -0.39 is 5.60 Å². The van der Waals surface area contributed by atoms with E-state index in [0.717, 1.165) is 51.4 Å². The summed E-state index contributed by atoms with van der Waals surface area (Å²) in [6.45, 7) is 9.41. The Kier molecular flexibility index (Phi) is 4.87. The summed E-state index contributed by atoms with van der Waals surface area (Å²) in [6, 6.07) is 0. The number of Topliss-reactive ketones (excluding diaryl/α,β-unsaturated/α-hetero) is 1. The van der Waals surface area contributed by atoms with Gasteiger partial charge in [-0.3, -0.25) is 4.79 Å². The first kappa shape index (κ1) is 19.6. The summed E-state index contributed by atoms with van der Waals surface area (Å²) in [5.41, 5.74) is 1.19. The van der Waals surface area contributed by atoms with Crippen molar-refractivity contribution >= 4 is 5.78 Å². The summed E-state index contributed by atoms with van der Waals surface area (Å²) in [6.07, 6.45) is 11.7. The van der Waals surface area contributed by atoms with Crippen LogP contribution in [0.3, 0.4) is 0 Å². The summed E-state index contributed by atoms with van der Waals surface area (Å²) in [7, 11) is 0. The smallest absolute Gasteiger partial charge is 0.162 e. The van der Waals surface area contributed by atoms with Crippen molar-refractivity contribution < 1.29 is 14.6 Å². The molecule has 7 atom stereocenters. The highest BCUT2D eigenvalue weighted by atomic mass is 16.5. The van der Waals surface area contributed by atoms with Gasteiger partial charge in [0.1, 0.15) is 5.60 Å². The molecule has 0 spiro atoms. The van der Waals surface area contributed by atoms with Crippen molar-refractivity contribution in [3.05, 3.63) is 11.6 Å². The SMILES string of the molecule is CCCOC1(C(C)=O)CCC2C3CC=C4CC(O)CCC4(C)C3CCC21C. The molecular weight excluding hydrogens is 336 g/mol. The maximum atomic E-state index is 12.9. The molecule has 0 aromatic rings. The van der Waals surface area contributed by atoms with Crippen molar-refractivity contribution in [2.75, 3.05) is 6.61 Å². The van der Waals surface area contributed by atoms with E-state index in [1.807, 2.05) is 0 Å². The highest BCUT2D eigenvalue weighted by Crippen LogP contribution is 2.68. The van der Waals surface area contributed by atoms with Crippen LogP contribution in [0, 0.1) is 28.6 Å². The Labute approximate surface area is 164 Å². The first-order chi connectivity index (χ1) is 12.8. The third-order valence-electron chi connectivity index (χ3n) is 9.32. The molecule has 27 heavy (non-hydrogen) atoms. The zero-order chi connectivity index (χ0) is 19.4. The third-order valence-corrected chi connectivity index (χ3v) is 9.32. The Hall–Kier alpha value is -0.670. The first-order valence-electron chi connectivity index (χ1n) is 11.3. The molecule has 0 bridgehead atoms. The second-order valence-electron chi connectivity index (χ2n) is 10.4. The van der Waals surface area contributed by atoms with Gasteiger partial charge in [0.2, 0.25) is 0 Å². The van der Waals surface area contributed by atoms with E-state index in [0.29, 0.717) is 24.4 Å². The number of fused-ring (bicyclic) bond motifs is 5. The lowest BCUT2D eigenvalue weighted by atomic mass is 9.46. The number of hydrogen-bond acceptors (Lipinski definition) is 3. The lowest BCUT2D eigenvalue weighted by molar-refractivity contribution is -0.174. The van der Waals surface area contributed by atoms with Crippen LogP contribution in [0.5, 0.6) is 0 Å². The van der Waals surface area contributed by atoms with Gasteiger partial charge in [-0.15, -0.1) is 0 Å². The number of ketones is 1. The van der Waals surface area contributed by atoms with Gasteiger partial charge in [0.25, 0.3) is 0 Å². The van der Waals surface area contributed by atoms with Crippen molar-refractivity contribution in [2.24, 2.45) is 28.6 Å². The van der Waals surface area contributed by atoms with Gasteiger partial charge < -0.3 is 9.84 Å². The molecule has 1 N–H and O–H groups in total. The second kappa shape index (κ2) is 6.69. The Morgan fingerprint density at radius 1 is 1.19 bits per heavy atom. The standard InChI is InChI=1S/C24H38O3/c1-5-14-27-24(16(2)25)13-10-21-19-7-6-17-15-18(26)8-11-22(17,3)20(19)9-12-23(21,24)4/h6,18-21,26H,5,7-15H2,1-4H3. The van der Waals surface area contributed by atoms with Gasteiger partial charge in [0.05, 0.1) is 6.10 Å². The molecule has 0 aromatic carbocycles. The molecule has 7 unspecified atom stereocenters. The normalized spacial score (nSPS) is 49.0. The molecular formula is C24H38O3. The Balaban J connectivity index is 1.67. The van der Waals surface area contributed by atoms with Crippen molar-refractivity contribution in [1.82, 2.24) is 0 Å². The fourth-order valence-corrected chi connectivity index (χ4v) is 7.83. The summed E-state index contributed by atoms with van der Waals surface area (Å²) in [5, 5.41) is 10.2. The molecule has 3 heteroatoms. The Morgan fingerprint density at radius 3 is 2.63 bits per heavy atom. The Bertz CT molecular complexity index is 640. The fraction of sp³-hybridized carbons (Fsp3) is 0.875. The molecule has 0 amide bonds. The Morgan fingerprint density at radius 2 is 1.93 bits per heavy atom. The van der Waals surface area contributed by atoms with Gasteiger partial charge in [0, 0.05) is 12.0 Å². The fourth-order valence-electron chi connectivity index (χ4n) is 7.83. The summed E-state index contributed by atoms with van der Waals surface area (Å²) >= 11 is 0. The van der Waals surface area contributed by atoms with Gasteiger partial charge in [-0.2, -0.15) is 0 Å². The molecule has 3 nitrogen and oxygen atoms in total. The highest BCUT2D eigenvalue weighted by Gasteiger charge is 2.66. The predicted octanol–water partition coefficient (Wildman–Crippen LogP) is 5.06. The van der Waals surface area contributed by atoms with Crippen LogP contribution in [0.2, 0.25) is 0 Å². The van der Waals surface area contributed by atoms with Crippen LogP contribution in [-0.2, 0) is 9.53 Å². The molecule has 0 aromatic heterocycles. The molecule has 0 saturated heterocycles. The van der Waals surface area contributed by atoms with Crippen LogP contribution < -0.4 is 0 Å². The van der Waals surface area contributed by atoms with Crippen LogP contribution in [0.25, 0.3) is 0 Å². The third kappa shape index (κ3) is 2.64. The maximum Gasteiger partial charge on any atom is 0.162 e. The van der Waals surface area contributed by atoms with Gasteiger partial charge >= 0.3 is 0 Å². The van der Waals surface area contributed by atoms with Gasteiger partial charge in [-0.25, -0.2) is 0 Å². The van der Waals surface area contributed by atoms with Gasteiger partial charge in [-0.05, 0) is 87.9 Å². The molecule has 4 rings (SSSR count). The number of allylic oxidation sites excluding steroid dienone is 1. The zero-order valence-electron chi connectivity index (χ0n) is 17.7. The minimum absolute atomic E-state index is 0.0228. The molecule has 4 aliphatic carbocycles. The molecule has 0 aliphatic heterocycles. The zero-order valence-corrected chi connectivity index (χ0v) is 17.7. The van der Waals surface area contributed by atoms with E-state index in [2.05, 4.69) is 26.8 Å². The highest BCUT2D eigenvalue weighted by molar-refractivity contribution is 5.86. The number of rotatable bonds is 4. The monoisotopic (exact) mass is 374 g/mol. The minimum atomic E-state index is -0.563.